The third kappa shape index (κ3) is 2.82. The van der Waals surface area contributed by atoms with Crippen molar-refractivity contribution in [1.29, 1.82) is 5.26 Å². The number of ether oxygens (including phenoxy) is 1. The van der Waals surface area contributed by atoms with Crippen molar-refractivity contribution in [3.63, 3.8) is 0 Å². The molecule has 0 radical (unpaired) electrons. The summed E-state index contributed by atoms with van der Waals surface area (Å²) in [4.78, 5) is 12.2. The highest BCUT2D eigenvalue weighted by Crippen LogP contribution is 2.30. The van der Waals surface area contributed by atoms with Crippen molar-refractivity contribution in [1.82, 2.24) is 5.32 Å². The topological polar surface area (TPSA) is 82.4 Å². The fourth-order valence-electron chi connectivity index (χ4n) is 2.65. The summed E-state index contributed by atoms with van der Waals surface area (Å²) in [5.41, 5.74) is -0.908. The Morgan fingerprint density at radius 1 is 1.28 bits per heavy atom. The molecule has 0 aromatic rings. The maximum absolute atomic E-state index is 12.2. The molecule has 0 atom stereocenters. The van der Waals surface area contributed by atoms with Crippen molar-refractivity contribution in [2.45, 2.75) is 50.7 Å². The van der Waals surface area contributed by atoms with Gasteiger partial charge in [-0.3, -0.25) is 4.79 Å². The second-order valence-corrected chi connectivity index (χ2v) is 5.29. The quantitative estimate of drug-likeness (QED) is 0.759. The largest absolute Gasteiger partial charge is 0.393 e. The highest BCUT2D eigenvalue weighted by molar-refractivity contribution is 5.85. The highest BCUT2D eigenvalue weighted by atomic mass is 16.5. The Balaban J connectivity index is 1.92. The molecular weight excluding hydrogens is 232 g/mol. The van der Waals surface area contributed by atoms with Gasteiger partial charge in [-0.15, -0.1) is 0 Å². The molecule has 1 saturated heterocycles. The van der Waals surface area contributed by atoms with Crippen LogP contribution in [0.15, 0.2) is 0 Å². The van der Waals surface area contributed by atoms with Gasteiger partial charge >= 0.3 is 0 Å². The number of rotatable bonds is 2. The molecule has 2 fully saturated rings. The lowest BCUT2D eigenvalue weighted by Crippen LogP contribution is -2.48. The van der Waals surface area contributed by atoms with Crippen molar-refractivity contribution in [3.8, 4) is 6.07 Å². The van der Waals surface area contributed by atoms with Gasteiger partial charge in [0.15, 0.2) is 0 Å². The molecule has 2 rings (SSSR count). The summed E-state index contributed by atoms with van der Waals surface area (Å²) < 4.78 is 5.22. The molecule has 0 unspecified atom stereocenters. The van der Waals surface area contributed by atoms with Crippen LogP contribution in [-0.4, -0.2) is 36.4 Å². The third-order valence-electron chi connectivity index (χ3n) is 4.03. The van der Waals surface area contributed by atoms with Crippen LogP contribution < -0.4 is 5.32 Å². The molecule has 100 valence electrons. The van der Waals surface area contributed by atoms with Crippen LogP contribution in [-0.2, 0) is 9.53 Å². The molecule has 1 aliphatic carbocycles. The van der Waals surface area contributed by atoms with Crippen molar-refractivity contribution < 1.29 is 14.6 Å². The van der Waals surface area contributed by atoms with Gasteiger partial charge in [-0.25, -0.2) is 0 Å². The molecule has 5 nitrogen and oxygen atoms in total. The monoisotopic (exact) mass is 252 g/mol. The predicted octanol–water partition coefficient (Wildman–Crippen LogP) is 0.726. The molecule has 0 aromatic carbocycles. The zero-order chi connectivity index (χ0) is 13.0. The van der Waals surface area contributed by atoms with Gasteiger partial charge in [0.05, 0.1) is 12.2 Å². The number of carbonyl (C=O) groups is 1. The van der Waals surface area contributed by atoms with E-state index >= 15 is 0 Å². The Bertz CT molecular complexity index is 337. The number of hydrogen-bond donors (Lipinski definition) is 2. The smallest absolute Gasteiger partial charge is 0.240 e. The van der Waals surface area contributed by atoms with Gasteiger partial charge in [0.2, 0.25) is 5.91 Å². The Morgan fingerprint density at radius 3 is 2.44 bits per heavy atom. The fraction of sp³-hybridized carbons (Fsp3) is 0.846. The minimum atomic E-state index is -0.908. The number of nitriles is 1. The van der Waals surface area contributed by atoms with Gasteiger partial charge in [0.25, 0.3) is 0 Å². The van der Waals surface area contributed by atoms with Crippen LogP contribution in [0.1, 0.15) is 38.5 Å². The van der Waals surface area contributed by atoms with Crippen molar-refractivity contribution in [2.24, 2.45) is 5.41 Å². The van der Waals surface area contributed by atoms with E-state index in [2.05, 4.69) is 11.4 Å². The van der Waals surface area contributed by atoms with Gasteiger partial charge < -0.3 is 15.2 Å². The zero-order valence-electron chi connectivity index (χ0n) is 10.5. The van der Waals surface area contributed by atoms with Crippen LogP contribution >= 0.6 is 0 Å². The van der Waals surface area contributed by atoms with E-state index in [1.165, 1.54) is 0 Å². The zero-order valence-corrected chi connectivity index (χ0v) is 10.5. The van der Waals surface area contributed by atoms with Crippen LogP contribution in [0.4, 0.5) is 0 Å². The first kappa shape index (κ1) is 13.3. The normalized spacial score (nSPS) is 31.3. The van der Waals surface area contributed by atoms with Gasteiger partial charge in [-0.2, -0.15) is 5.26 Å². The first-order valence-corrected chi connectivity index (χ1v) is 6.64. The number of hydrogen-bond acceptors (Lipinski definition) is 4. The van der Waals surface area contributed by atoms with Gasteiger partial charge in [0.1, 0.15) is 5.41 Å². The number of nitrogens with one attached hydrogen (secondary N) is 1. The lowest BCUT2D eigenvalue weighted by Gasteiger charge is -2.33. The van der Waals surface area contributed by atoms with Crippen molar-refractivity contribution in [2.75, 3.05) is 13.2 Å². The Kier molecular flexibility index (Phi) is 4.20. The average molecular weight is 252 g/mol. The number of aliphatic hydroxyl groups is 1. The Hall–Kier alpha value is -1.12. The second-order valence-electron chi connectivity index (χ2n) is 5.29. The van der Waals surface area contributed by atoms with Gasteiger partial charge in [-0.05, 0) is 38.5 Å². The number of amides is 1. The van der Waals surface area contributed by atoms with Gasteiger partial charge in [-0.1, -0.05) is 0 Å². The molecule has 5 heteroatoms. The maximum Gasteiger partial charge on any atom is 0.240 e. The summed E-state index contributed by atoms with van der Waals surface area (Å²) >= 11 is 0. The van der Waals surface area contributed by atoms with E-state index in [4.69, 9.17) is 4.74 Å². The molecule has 18 heavy (non-hydrogen) atoms. The molecule has 2 aliphatic rings. The summed E-state index contributed by atoms with van der Waals surface area (Å²) in [6, 6.07) is 2.28. The van der Waals surface area contributed by atoms with E-state index in [1.807, 2.05) is 0 Å². The SMILES string of the molecule is N#CC1(C(=O)NC2CCC(O)CC2)CCOCC1. The molecule has 1 saturated carbocycles. The van der Waals surface area contributed by atoms with E-state index in [9.17, 15) is 15.2 Å². The minimum Gasteiger partial charge on any atom is -0.393 e. The summed E-state index contributed by atoms with van der Waals surface area (Å²) in [5.74, 6) is -0.158. The second kappa shape index (κ2) is 5.68. The van der Waals surface area contributed by atoms with Crippen LogP contribution in [0.5, 0.6) is 0 Å². The average Bonchev–Trinajstić information content (AvgIpc) is 2.42. The lowest BCUT2D eigenvalue weighted by atomic mass is 9.80. The van der Waals surface area contributed by atoms with Crippen LogP contribution in [0.25, 0.3) is 0 Å². The fourth-order valence-corrected chi connectivity index (χ4v) is 2.65. The van der Waals surface area contributed by atoms with E-state index in [1.54, 1.807) is 0 Å². The summed E-state index contributed by atoms with van der Waals surface area (Å²) in [6.07, 6.45) is 3.78. The first-order chi connectivity index (χ1) is 8.66. The number of nitrogens with zero attached hydrogens (tertiary/aromatic N) is 1. The molecule has 0 bridgehead atoms. The van der Waals surface area contributed by atoms with E-state index in [-0.39, 0.29) is 18.1 Å². The van der Waals surface area contributed by atoms with Crippen LogP contribution in [0, 0.1) is 16.7 Å². The Labute approximate surface area is 107 Å². The predicted molar refractivity (Wildman–Crippen MR) is 64.5 cm³/mol. The molecule has 0 aromatic heterocycles. The third-order valence-corrected chi connectivity index (χ3v) is 4.03. The van der Waals surface area contributed by atoms with Crippen LogP contribution in [0.3, 0.4) is 0 Å². The molecule has 1 heterocycles. The van der Waals surface area contributed by atoms with Crippen LogP contribution in [0.2, 0.25) is 0 Å². The number of aliphatic hydroxyl groups excluding tert-OH is 1. The van der Waals surface area contributed by atoms with Crippen molar-refractivity contribution >= 4 is 5.91 Å². The number of carbonyl (C=O) groups excluding carboxylic acids is 1. The van der Waals surface area contributed by atoms with Crippen molar-refractivity contribution in [3.05, 3.63) is 0 Å². The lowest BCUT2D eigenvalue weighted by molar-refractivity contribution is -0.133. The molecule has 1 amide bonds. The summed E-state index contributed by atoms with van der Waals surface area (Å²) in [6.45, 7) is 0.953. The molecule has 0 spiro atoms. The minimum absolute atomic E-state index is 0.106. The molecule has 1 aliphatic heterocycles. The summed E-state index contributed by atoms with van der Waals surface area (Å²) in [5, 5.41) is 21.7. The first-order valence-electron chi connectivity index (χ1n) is 6.64. The van der Waals surface area contributed by atoms with Gasteiger partial charge in [0, 0.05) is 19.3 Å². The Morgan fingerprint density at radius 2 is 1.89 bits per heavy atom. The van der Waals surface area contributed by atoms with E-state index in [0.717, 1.165) is 25.7 Å². The molecular formula is C13H20N2O3. The van der Waals surface area contributed by atoms with E-state index < -0.39 is 5.41 Å². The summed E-state index contributed by atoms with van der Waals surface area (Å²) in [7, 11) is 0. The van der Waals surface area contributed by atoms with E-state index in [0.29, 0.717) is 26.1 Å². The standard InChI is InChI=1S/C13H20N2O3/c14-9-13(5-7-18-8-6-13)12(17)15-10-1-3-11(16)4-2-10/h10-11,16H,1-8H2,(H,15,17). The maximum atomic E-state index is 12.2. The highest BCUT2D eigenvalue weighted by Gasteiger charge is 2.41. The molecule has 2 N–H and O–H groups in total.